The topological polar surface area (TPSA) is 88.6 Å². The number of ether oxygens (including phenoxy) is 1. The minimum atomic E-state index is -4.95. The van der Waals surface area contributed by atoms with Crippen LogP contribution in [0.5, 0.6) is 5.75 Å². The van der Waals surface area contributed by atoms with Crippen molar-refractivity contribution in [3.8, 4) is 17.0 Å². The molecule has 1 aliphatic carbocycles. The summed E-state index contributed by atoms with van der Waals surface area (Å²) in [6.45, 7) is 5.18. The largest absolute Gasteiger partial charge is 0.497 e. The van der Waals surface area contributed by atoms with Gasteiger partial charge in [0, 0.05) is 41.7 Å². The number of benzene rings is 1. The van der Waals surface area contributed by atoms with Gasteiger partial charge in [0.1, 0.15) is 5.75 Å². The van der Waals surface area contributed by atoms with Crippen LogP contribution < -0.4 is 10.1 Å². The molecule has 7 nitrogen and oxygen atoms in total. The molecule has 0 saturated carbocycles. The van der Waals surface area contributed by atoms with Crippen molar-refractivity contribution >= 4 is 37.5 Å². The first kappa shape index (κ1) is 29.2. The van der Waals surface area contributed by atoms with Crippen LogP contribution in [0.1, 0.15) is 26.7 Å². The molecule has 12 heteroatoms. The number of rotatable bonds is 10. The van der Waals surface area contributed by atoms with Gasteiger partial charge in [-0.1, -0.05) is 19.9 Å². The number of amides is 1. The Morgan fingerprint density at radius 3 is 2.39 bits per heavy atom. The summed E-state index contributed by atoms with van der Waals surface area (Å²) in [5.74, 6) is -2.07. The summed E-state index contributed by atoms with van der Waals surface area (Å²) in [6, 6.07) is 7.00. The van der Waals surface area contributed by atoms with Gasteiger partial charge < -0.3 is 9.64 Å². The highest BCUT2D eigenvalue weighted by Gasteiger charge is 2.41. The molecule has 1 amide bonds. The zero-order chi connectivity index (χ0) is 27.9. The minimum Gasteiger partial charge on any atom is -0.497 e. The number of aromatic nitrogens is 1. The first-order valence-electron chi connectivity index (χ1n) is 11.9. The lowest BCUT2D eigenvalue weighted by Gasteiger charge is -2.29. The Morgan fingerprint density at radius 1 is 1.18 bits per heavy atom. The third-order valence-corrected chi connectivity index (χ3v) is 7.18. The lowest BCUT2D eigenvalue weighted by Crippen LogP contribution is -2.31. The van der Waals surface area contributed by atoms with Gasteiger partial charge in [0.2, 0.25) is 16.2 Å². The summed E-state index contributed by atoms with van der Waals surface area (Å²) in [6.07, 6.45) is 0.919. The molecule has 1 aliphatic rings. The number of hydrogen-bond donors (Lipinski definition) is 1. The third kappa shape index (κ3) is 7.35. The average Bonchev–Trinajstić information content (AvgIpc) is 3.34. The number of alkyl halides is 3. The van der Waals surface area contributed by atoms with Crippen LogP contribution in [0.3, 0.4) is 0 Å². The summed E-state index contributed by atoms with van der Waals surface area (Å²) in [4.78, 5) is 18.4. The predicted molar refractivity (Wildman–Crippen MR) is 144 cm³/mol. The number of nitrogens with zero attached hydrogens (tertiary/aromatic N) is 2. The van der Waals surface area contributed by atoms with Gasteiger partial charge >= 0.3 is 6.18 Å². The summed E-state index contributed by atoms with van der Waals surface area (Å²) in [7, 11) is -1.40. The number of halogens is 3. The van der Waals surface area contributed by atoms with Crippen LogP contribution in [0, 0.1) is 5.92 Å². The van der Waals surface area contributed by atoms with Crippen molar-refractivity contribution in [1.82, 2.24) is 9.88 Å². The molecule has 0 bridgehead atoms. The molecule has 0 aliphatic heterocycles. The summed E-state index contributed by atoms with van der Waals surface area (Å²) in [5.41, 5.74) is 0.498. The van der Waals surface area contributed by atoms with Gasteiger partial charge in [-0.05, 0) is 49.3 Å². The van der Waals surface area contributed by atoms with Crippen LogP contribution in [0.2, 0.25) is 0 Å². The third-order valence-electron chi connectivity index (χ3n) is 5.67. The first-order valence-corrected chi connectivity index (χ1v) is 13.8. The van der Waals surface area contributed by atoms with Gasteiger partial charge in [-0.15, -0.1) is 11.3 Å². The van der Waals surface area contributed by atoms with Gasteiger partial charge in [-0.3, -0.25) is 10.1 Å². The van der Waals surface area contributed by atoms with Crippen LogP contribution in [0.25, 0.3) is 11.3 Å². The average molecular weight is 568 g/mol. The SMILES string of the molecule is CCCN(CCC)C1=CC(=S(=O)=O)C(C(=CC(=O)Nc2nc(-c3ccc(OC)cc3)cs2)C(F)(F)F)C=C1. The van der Waals surface area contributed by atoms with Crippen molar-refractivity contribution in [3.05, 3.63) is 65.2 Å². The van der Waals surface area contributed by atoms with E-state index in [0.29, 0.717) is 36.3 Å². The maximum atomic E-state index is 14.1. The van der Waals surface area contributed by atoms with Crippen molar-refractivity contribution in [1.29, 1.82) is 0 Å². The van der Waals surface area contributed by atoms with Gasteiger partial charge in [0.05, 0.1) is 23.2 Å². The lowest BCUT2D eigenvalue weighted by molar-refractivity contribution is -0.114. The second kappa shape index (κ2) is 12.9. The molecule has 3 rings (SSSR count). The predicted octanol–water partition coefficient (Wildman–Crippen LogP) is 5.49. The highest BCUT2D eigenvalue weighted by molar-refractivity contribution is 7.73. The Bertz CT molecular complexity index is 1360. The molecular formula is C26H28F3N3O4S2. The van der Waals surface area contributed by atoms with Gasteiger partial charge in [-0.25, -0.2) is 4.98 Å². The molecule has 1 aromatic heterocycles. The number of hydrogen-bond acceptors (Lipinski definition) is 7. The zero-order valence-electron chi connectivity index (χ0n) is 21.1. The Balaban J connectivity index is 1.87. The minimum absolute atomic E-state index is 0.103. The molecule has 0 fully saturated rings. The normalized spacial score (nSPS) is 15.7. The molecule has 1 N–H and O–H groups in total. The molecule has 204 valence electrons. The lowest BCUT2D eigenvalue weighted by atomic mass is 9.90. The van der Waals surface area contributed by atoms with E-state index < -0.39 is 38.7 Å². The quantitative estimate of drug-likeness (QED) is 0.302. The van der Waals surface area contributed by atoms with Crippen LogP contribution in [-0.2, 0) is 15.1 Å². The van der Waals surface area contributed by atoms with Crippen molar-refractivity contribution < 1.29 is 31.1 Å². The van der Waals surface area contributed by atoms with E-state index in [9.17, 15) is 26.4 Å². The Labute approximate surface area is 224 Å². The van der Waals surface area contributed by atoms with Gasteiger partial charge in [0.25, 0.3) is 0 Å². The Morgan fingerprint density at radius 2 is 1.84 bits per heavy atom. The van der Waals surface area contributed by atoms with Crippen molar-refractivity contribution in [2.45, 2.75) is 32.9 Å². The van der Waals surface area contributed by atoms with E-state index in [1.807, 2.05) is 18.7 Å². The highest BCUT2D eigenvalue weighted by atomic mass is 32.2. The number of anilines is 1. The van der Waals surface area contributed by atoms with Crippen LogP contribution in [-0.4, -0.2) is 55.4 Å². The molecular weight excluding hydrogens is 539 g/mol. The second-order valence-corrected chi connectivity index (χ2v) is 10.2. The van der Waals surface area contributed by atoms with Crippen LogP contribution in [0.4, 0.5) is 18.3 Å². The smallest absolute Gasteiger partial charge is 0.413 e. The molecule has 1 atom stereocenters. The molecule has 2 aromatic rings. The number of nitrogens with one attached hydrogen (secondary N) is 1. The second-order valence-electron chi connectivity index (χ2n) is 8.38. The molecule has 38 heavy (non-hydrogen) atoms. The number of carbonyl (C=O) groups is 1. The summed E-state index contributed by atoms with van der Waals surface area (Å²) >= 11 is 1.05. The molecule has 0 spiro atoms. The Hall–Kier alpha value is -3.38. The van der Waals surface area contributed by atoms with E-state index in [2.05, 4.69) is 10.3 Å². The summed E-state index contributed by atoms with van der Waals surface area (Å²) < 4.78 is 71.3. The number of methoxy groups -OCH3 is 1. The van der Waals surface area contributed by atoms with Gasteiger partial charge in [0.15, 0.2) is 5.13 Å². The highest BCUT2D eigenvalue weighted by Crippen LogP contribution is 2.36. The molecule has 1 heterocycles. The van der Waals surface area contributed by atoms with E-state index in [1.165, 1.54) is 25.3 Å². The standard InChI is InChI=1S/C26H28F3N3O4S2/c1-4-12-32(13-5-2)18-8-11-20(23(14-18)38(34)35)21(26(27,28)29)15-24(33)31-25-30-22(16-37-25)17-6-9-19(36-3)10-7-17/h6-11,14-16,20H,4-5,12-13H2,1-3H3,(H,30,31,33). The van der Waals surface area contributed by atoms with E-state index in [1.54, 1.807) is 29.6 Å². The van der Waals surface area contributed by atoms with E-state index in [4.69, 9.17) is 4.74 Å². The molecule has 1 aromatic carbocycles. The monoisotopic (exact) mass is 567 g/mol. The van der Waals surface area contributed by atoms with Crippen molar-refractivity contribution in [2.24, 2.45) is 5.92 Å². The van der Waals surface area contributed by atoms with E-state index >= 15 is 0 Å². The molecule has 0 radical (unpaired) electrons. The van der Waals surface area contributed by atoms with Crippen LogP contribution in [0.15, 0.2) is 65.2 Å². The van der Waals surface area contributed by atoms with Crippen molar-refractivity contribution in [2.75, 3.05) is 25.5 Å². The fourth-order valence-electron chi connectivity index (χ4n) is 3.94. The molecule has 0 saturated heterocycles. The van der Waals surface area contributed by atoms with E-state index in [-0.39, 0.29) is 5.13 Å². The zero-order valence-corrected chi connectivity index (χ0v) is 22.7. The number of thiazole rings is 1. The maximum Gasteiger partial charge on any atom is 0.413 e. The van der Waals surface area contributed by atoms with Crippen LogP contribution >= 0.6 is 11.3 Å². The van der Waals surface area contributed by atoms with Gasteiger partial charge in [-0.2, -0.15) is 21.6 Å². The Kier molecular flexibility index (Phi) is 9.92. The summed E-state index contributed by atoms with van der Waals surface area (Å²) in [5, 5.41) is 4.12. The first-order chi connectivity index (χ1) is 18.1. The fourth-order valence-corrected chi connectivity index (χ4v) is 5.30. The number of allylic oxidation sites excluding steroid dienone is 4. The van der Waals surface area contributed by atoms with E-state index in [0.717, 1.165) is 29.7 Å². The number of carbonyl (C=O) groups excluding carboxylic acids is 1. The van der Waals surface area contributed by atoms with Crippen molar-refractivity contribution in [3.63, 3.8) is 0 Å². The molecule has 1 unspecified atom stereocenters. The maximum absolute atomic E-state index is 14.1. The fraction of sp³-hybridized carbons (Fsp3) is 0.346.